The van der Waals surface area contributed by atoms with Crippen LogP contribution in [0.1, 0.15) is 22.3 Å². The molecule has 0 aliphatic carbocycles. The van der Waals surface area contributed by atoms with E-state index in [-0.39, 0.29) is 36.8 Å². The molecule has 0 bridgehead atoms. The van der Waals surface area contributed by atoms with Gasteiger partial charge in [0.1, 0.15) is 18.1 Å². The van der Waals surface area contributed by atoms with Gasteiger partial charge in [-0.3, -0.25) is 19.3 Å². The highest BCUT2D eigenvalue weighted by Crippen LogP contribution is 2.34. The van der Waals surface area contributed by atoms with Gasteiger partial charge in [0.15, 0.2) is 6.61 Å². The molecule has 3 amide bonds. The largest absolute Gasteiger partial charge is 0.491 e. The number of para-hydroxylation sites is 1. The number of aryl methyl sites for hydroxylation is 3. The summed E-state index contributed by atoms with van der Waals surface area (Å²) in [4.78, 5) is 39.2. The molecule has 1 N–H and O–H groups in total. The van der Waals surface area contributed by atoms with Crippen LogP contribution < -0.4 is 14.8 Å². The van der Waals surface area contributed by atoms with E-state index < -0.39 is 0 Å². The maximum absolute atomic E-state index is 12.9. The van der Waals surface area contributed by atoms with Crippen molar-refractivity contribution >= 4 is 56.5 Å². The first-order valence-electron chi connectivity index (χ1n) is 11.9. The minimum Gasteiger partial charge on any atom is -0.491 e. The second kappa shape index (κ2) is 12.3. The molecule has 4 rings (SSSR count). The van der Waals surface area contributed by atoms with Gasteiger partial charge in [0.05, 0.1) is 15.9 Å². The van der Waals surface area contributed by atoms with E-state index >= 15 is 0 Å². The number of benzene rings is 3. The Bertz CT molecular complexity index is 1420. The third-order valence-corrected chi connectivity index (χ3v) is 7.35. The molecule has 196 valence electrons. The number of hydrogen-bond donors (Lipinski definition) is 1. The van der Waals surface area contributed by atoms with Crippen molar-refractivity contribution in [1.29, 1.82) is 0 Å². The Labute approximate surface area is 234 Å². The molecule has 0 aromatic heterocycles. The molecule has 38 heavy (non-hydrogen) atoms. The van der Waals surface area contributed by atoms with E-state index in [1.807, 2.05) is 63.2 Å². The average Bonchev–Trinajstić information content (AvgIpc) is 3.14. The summed E-state index contributed by atoms with van der Waals surface area (Å²) < 4.78 is 12.1. The molecular formula is C29H27BrN2O5S. The molecule has 3 aromatic carbocycles. The summed E-state index contributed by atoms with van der Waals surface area (Å²) in [6.07, 6.45) is 1.66. The molecule has 7 nitrogen and oxygen atoms in total. The lowest BCUT2D eigenvalue weighted by molar-refractivity contribution is -0.123. The zero-order chi connectivity index (χ0) is 27.2. The Balaban J connectivity index is 1.33. The number of hydrogen-bond acceptors (Lipinski definition) is 6. The Hall–Kier alpha value is -3.56. The number of amides is 3. The van der Waals surface area contributed by atoms with Crippen molar-refractivity contribution in [3.63, 3.8) is 0 Å². The maximum atomic E-state index is 12.9. The van der Waals surface area contributed by atoms with E-state index in [1.165, 1.54) is 4.90 Å². The summed E-state index contributed by atoms with van der Waals surface area (Å²) in [6.45, 7) is 6.07. The third kappa shape index (κ3) is 6.85. The van der Waals surface area contributed by atoms with Crippen molar-refractivity contribution in [3.05, 3.63) is 92.3 Å². The fourth-order valence-electron chi connectivity index (χ4n) is 3.72. The lowest BCUT2D eigenvalue weighted by Crippen LogP contribution is -2.32. The molecule has 1 fully saturated rings. The molecule has 0 saturated carbocycles. The Kier molecular flexibility index (Phi) is 8.91. The SMILES string of the molecule is Cc1ccc(C)c(OCCN2C(=O)S/C(=C\c3ccc(OCC(=O)Nc4ccccc4C)c(Br)c3)C2=O)c1. The van der Waals surface area contributed by atoms with Crippen molar-refractivity contribution in [2.75, 3.05) is 25.1 Å². The van der Waals surface area contributed by atoms with Crippen molar-refractivity contribution < 1.29 is 23.9 Å². The first-order valence-corrected chi connectivity index (χ1v) is 13.6. The lowest BCUT2D eigenvalue weighted by Gasteiger charge is -2.14. The summed E-state index contributed by atoms with van der Waals surface area (Å²) >= 11 is 4.36. The van der Waals surface area contributed by atoms with Gasteiger partial charge in [0, 0.05) is 5.69 Å². The molecule has 1 aliphatic rings. The van der Waals surface area contributed by atoms with Gasteiger partial charge in [-0.05, 0) is 101 Å². The Morgan fingerprint density at radius 1 is 0.974 bits per heavy atom. The molecule has 1 aliphatic heterocycles. The number of halogens is 1. The summed E-state index contributed by atoms with van der Waals surface area (Å²) in [5.41, 5.74) is 4.49. The number of thioether (sulfide) groups is 1. The average molecular weight is 596 g/mol. The molecule has 9 heteroatoms. The van der Waals surface area contributed by atoms with Gasteiger partial charge < -0.3 is 14.8 Å². The number of carbonyl (C=O) groups is 3. The molecular weight excluding hydrogens is 568 g/mol. The number of carbonyl (C=O) groups excluding carboxylic acids is 3. The number of rotatable bonds is 9. The topological polar surface area (TPSA) is 84.9 Å². The molecule has 0 unspecified atom stereocenters. The summed E-state index contributed by atoms with van der Waals surface area (Å²) in [5, 5.41) is 2.50. The van der Waals surface area contributed by atoms with Crippen LogP contribution in [-0.2, 0) is 9.59 Å². The highest BCUT2D eigenvalue weighted by molar-refractivity contribution is 9.10. The van der Waals surface area contributed by atoms with Crippen LogP contribution in [0.2, 0.25) is 0 Å². The predicted molar refractivity (Wildman–Crippen MR) is 154 cm³/mol. The lowest BCUT2D eigenvalue weighted by atomic mass is 10.1. The molecule has 1 heterocycles. The number of ether oxygens (including phenoxy) is 2. The van der Waals surface area contributed by atoms with Crippen LogP contribution in [0.25, 0.3) is 6.08 Å². The molecule has 0 spiro atoms. The van der Waals surface area contributed by atoms with E-state index in [0.29, 0.717) is 20.7 Å². The number of imide groups is 1. The maximum Gasteiger partial charge on any atom is 0.293 e. The van der Waals surface area contributed by atoms with Crippen molar-refractivity contribution in [1.82, 2.24) is 4.90 Å². The monoisotopic (exact) mass is 594 g/mol. The summed E-state index contributed by atoms with van der Waals surface area (Å²) in [5.74, 6) is 0.602. The minimum absolute atomic E-state index is 0.157. The smallest absolute Gasteiger partial charge is 0.293 e. The number of nitrogens with zero attached hydrogens (tertiary/aromatic N) is 1. The van der Waals surface area contributed by atoms with Gasteiger partial charge in [-0.25, -0.2) is 0 Å². The summed E-state index contributed by atoms with van der Waals surface area (Å²) in [7, 11) is 0. The predicted octanol–water partition coefficient (Wildman–Crippen LogP) is 6.51. The highest BCUT2D eigenvalue weighted by atomic mass is 79.9. The fourth-order valence-corrected chi connectivity index (χ4v) is 5.10. The molecule has 0 radical (unpaired) electrons. The number of anilines is 1. The van der Waals surface area contributed by atoms with Crippen molar-refractivity contribution in [3.8, 4) is 11.5 Å². The second-order valence-electron chi connectivity index (χ2n) is 8.79. The first-order chi connectivity index (χ1) is 18.2. The van der Waals surface area contributed by atoms with Crippen molar-refractivity contribution in [2.24, 2.45) is 0 Å². The Morgan fingerprint density at radius 3 is 2.53 bits per heavy atom. The van der Waals surface area contributed by atoms with E-state index in [2.05, 4.69) is 21.2 Å². The third-order valence-electron chi connectivity index (χ3n) is 5.82. The first kappa shape index (κ1) is 27.5. The Morgan fingerprint density at radius 2 is 1.76 bits per heavy atom. The van der Waals surface area contributed by atoms with Crippen molar-refractivity contribution in [2.45, 2.75) is 20.8 Å². The van der Waals surface area contributed by atoms with Crippen LogP contribution in [0.5, 0.6) is 11.5 Å². The fraction of sp³-hybridized carbons (Fsp3) is 0.207. The van der Waals surface area contributed by atoms with Crippen LogP contribution in [0.4, 0.5) is 10.5 Å². The van der Waals surface area contributed by atoms with Crippen LogP contribution in [0.15, 0.2) is 70.0 Å². The zero-order valence-corrected chi connectivity index (χ0v) is 23.6. The minimum atomic E-state index is -0.353. The van der Waals surface area contributed by atoms with Crippen LogP contribution in [0.3, 0.4) is 0 Å². The van der Waals surface area contributed by atoms with E-state index in [9.17, 15) is 14.4 Å². The van der Waals surface area contributed by atoms with Gasteiger partial charge in [-0.2, -0.15) is 0 Å². The van der Waals surface area contributed by atoms with Gasteiger partial charge in [0.25, 0.3) is 17.1 Å². The normalized spacial score (nSPS) is 14.2. The van der Waals surface area contributed by atoms with Gasteiger partial charge in [-0.1, -0.05) is 36.4 Å². The highest BCUT2D eigenvalue weighted by Gasteiger charge is 2.34. The van der Waals surface area contributed by atoms with Gasteiger partial charge in [-0.15, -0.1) is 0 Å². The molecule has 1 saturated heterocycles. The number of nitrogens with one attached hydrogen (secondary N) is 1. The standard InChI is InChI=1S/C29H27BrN2O5S/c1-18-8-9-20(3)25(14-18)36-13-12-32-28(34)26(38-29(32)35)16-21-10-11-24(22(30)15-21)37-17-27(33)31-23-7-5-4-6-19(23)2/h4-11,14-16H,12-13,17H2,1-3H3,(H,31,33)/b26-16-. The van der Waals surface area contributed by atoms with Gasteiger partial charge >= 0.3 is 0 Å². The van der Waals surface area contributed by atoms with E-state index in [0.717, 1.165) is 39.9 Å². The van der Waals surface area contributed by atoms with Crippen LogP contribution in [-0.4, -0.2) is 41.7 Å². The molecule has 0 atom stereocenters. The van der Waals surface area contributed by atoms with Gasteiger partial charge in [0.2, 0.25) is 0 Å². The zero-order valence-electron chi connectivity index (χ0n) is 21.2. The van der Waals surface area contributed by atoms with Crippen LogP contribution >= 0.6 is 27.7 Å². The quantitative estimate of drug-likeness (QED) is 0.284. The van der Waals surface area contributed by atoms with E-state index in [4.69, 9.17) is 9.47 Å². The van der Waals surface area contributed by atoms with E-state index in [1.54, 1.807) is 24.3 Å². The summed E-state index contributed by atoms with van der Waals surface area (Å²) in [6, 6.07) is 18.7. The second-order valence-corrected chi connectivity index (χ2v) is 10.6. The molecule has 3 aromatic rings. The van der Waals surface area contributed by atoms with Crippen LogP contribution in [0, 0.1) is 20.8 Å².